The number of hydrogen-bond acceptors (Lipinski definition) is 5. The van der Waals surface area contributed by atoms with Crippen molar-refractivity contribution in [1.29, 1.82) is 0 Å². The maximum absolute atomic E-state index is 12.2. The van der Waals surface area contributed by atoms with Crippen molar-refractivity contribution in [1.82, 2.24) is 14.9 Å². The Hall–Kier alpha value is -3.68. The molecule has 32 heavy (non-hydrogen) atoms. The molecule has 0 fully saturated rings. The normalized spacial score (nSPS) is 10.9. The molecule has 0 aliphatic carbocycles. The van der Waals surface area contributed by atoms with Crippen LogP contribution in [0.3, 0.4) is 0 Å². The van der Waals surface area contributed by atoms with Crippen LogP contribution in [0, 0.1) is 0 Å². The lowest BCUT2D eigenvalue weighted by molar-refractivity contribution is 0.262. The number of carbonyl (C=O) groups excluding carboxylic acids is 1. The van der Waals surface area contributed by atoms with Crippen LogP contribution in [-0.2, 0) is 6.54 Å². The summed E-state index contributed by atoms with van der Waals surface area (Å²) in [5, 5.41) is 6.07. The number of urea groups is 1. The second-order valence-electron chi connectivity index (χ2n) is 7.47. The van der Waals surface area contributed by atoms with Crippen LogP contribution in [0.4, 0.5) is 16.2 Å². The predicted molar refractivity (Wildman–Crippen MR) is 128 cm³/mol. The summed E-state index contributed by atoms with van der Waals surface area (Å²) in [6, 6.07) is 19.3. The lowest BCUT2D eigenvalue weighted by Gasteiger charge is -2.11. The van der Waals surface area contributed by atoms with Crippen LogP contribution >= 0.6 is 11.6 Å². The monoisotopic (exact) mass is 447 g/mol. The summed E-state index contributed by atoms with van der Waals surface area (Å²) in [6.45, 7) is 0.716. The average molecular weight is 448 g/mol. The van der Waals surface area contributed by atoms with Gasteiger partial charge in [-0.15, -0.1) is 0 Å². The van der Waals surface area contributed by atoms with Gasteiger partial charge in [-0.05, 0) is 68.7 Å². The number of fused-ring (bicyclic) bond motifs is 1. The maximum atomic E-state index is 12.2. The first-order valence-corrected chi connectivity index (χ1v) is 10.3. The van der Waals surface area contributed by atoms with Gasteiger partial charge in [0.05, 0.1) is 22.9 Å². The van der Waals surface area contributed by atoms with Crippen molar-refractivity contribution in [3.63, 3.8) is 0 Å². The van der Waals surface area contributed by atoms with Crippen LogP contribution in [0.25, 0.3) is 11.0 Å². The van der Waals surface area contributed by atoms with E-state index in [1.807, 2.05) is 37.2 Å². The molecule has 2 amide bonds. The van der Waals surface area contributed by atoms with Gasteiger partial charge in [-0.3, -0.25) is 4.98 Å². The second-order valence-corrected chi connectivity index (χ2v) is 7.90. The third kappa shape index (κ3) is 5.72. The third-order valence-corrected chi connectivity index (χ3v) is 4.71. The van der Waals surface area contributed by atoms with E-state index < -0.39 is 0 Å². The molecule has 8 heteroatoms. The molecule has 7 nitrogen and oxygen atoms in total. The van der Waals surface area contributed by atoms with Gasteiger partial charge in [0.1, 0.15) is 11.5 Å². The molecule has 4 rings (SSSR count). The molecule has 0 atom stereocenters. The zero-order valence-corrected chi connectivity index (χ0v) is 18.4. The number of anilines is 2. The highest BCUT2D eigenvalue weighted by atomic mass is 35.5. The number of carbonyl (C=O) groups is 1. The van der Waals surface area contributed by atoms with Gasteiger partial charge in [0.15, 0.2) is 0 Å². The van der Waals surface area contributed by atoms with E-state index >= 15 is 0 Å². The van der Waals surface area contributed by atoms with E-state index in [4.69, 9.17) is 16.3 Å². The SMILES string of the molecule is CN(C)Cc1cnc2ccc(Oc3ccc(NC(=O)Nc4cccc(Cl)c4)cc3)cc2n1. The summed E-state index contributed by atoms with van der Waals surface area (Å²) in [4.78, 5) is 23.3. The highest BCUT2D eigenvalue weighted by molar-refractivity contribution is 6.30. The minimum atomic E-state index is -0.359. The van der Waals surface area contributed by atoms with Crippen molar-refractivity contribution in [2.75, 3.05) is 24.7 Å². The van der Waals surface area contributed by atoms with Gasteiger partial charge in [-0.25, -0.2) is 9.78 Å². The molecule has 0 bridgehead atoms. The molecule has 4 aromatic rings. The summed E-state index contributed by atoms with van der Waals surface area (Å²) in [5.41, 5.74) is 3.73. The Morgan fingerprint density at radius 3 is 2.44 bits per heavy atom. The molecular formula is C24H22ClN5O2. The summed E-state index contributed by atoms with van der Waals surface area (Å²) >= 11 is 5.94. The van der Waals surface area contributed by atoms with Gasteiger partial charge in [0, 0.05) is 29.0 Å². The molecule has 0 aliphatic heterocycles. The van der Waals surface area contributed by atoms with Crippen LogP contribution in [0.15, 0.2) is 72.9 Å². The molecule has 2 N–H and O–H groups in total. The largest absolute Gasteiger partial charge is 0.457 e. The summed E-state index contributed by atoms with van der Waals surface area (Å²) in [6.07, 6.45) is 1.79. The Labute approximate surface area is 191 Å². The quantitative estimate of drug-likeness (QED) is 0.391. The number of halogens is 1. The lowest BCUT2D eigenvalue weighted by Crippen LogP contribution is -2.19. The van der Waals surface area contributed by atoms with E-state index in [1.54, 1.807) is 54.7 Å². The molecule has 0 saturated carbocycles. The Morgan fingerprint density at radius 1 is 0.938 bits per heavy atom. The van der Waals surface area contributed by atoms with Gasteiger partial charge in [0.25, 0.3) is 0 Å². The number of ether oxygens (including phenoxy) is 1. The molecule has 1 aromatic heterocycles. The Morgan fingerprint density at radius 2 is 1.69 bits per heavy atom. The molecule has 0 aliphatic rings. The van der Waals surface area contributed by atoms with E-state index in [2.05, 4.69) is 20.6 Å². The molecule has 3 aromatic carbocycles. The molecule has 0 radical (unpaired) electrons. The number of nitrogens with zero attached hydrogens (tertiary/aromatic N) is 3. The van der Waals surface area contributed by atoms with Crippen molar-refractivity contribution in [2.45, 2.75) is 6.54 Å². The van der Waals surface area contributed by atoms with E-state index in [1.165, 1.54) is 0 Å². The highest BCUT2D eigenvalue weighted by Crippen LogP contribution is 2.26. The van der Waals surface area contributed by atoms with E-state index in [-0.39, 0.29) is 6.03 Å². The van der Waals surface area contributed by atoms with Crippen LogP contribution in [0.1, 0.15) is 5.69 Å². The van der Waals surface area contributed by atoms with Gasteiger partial charge < -0.3 is 20.3 Å². The second kappa shape index (κ2) is 9.64. The Balaban J connectivity index is 1.40. The minimum absolute atomic E-state index is 0.359. The summed E-state index contributed by atoms with van der Waals surface area (Å²) < 4.78 is 5.96. The first kappa shape index (κ1) is 21.5. The predicted octanol–water partition coefficient (Wildman–Crippen LogP) is 5.78. The number of aromatic nitrogens is 2. The van der Waals surface area contributed by atoms with Crippen LogP contribution in [0.2, 0.25) is 5.02 Å². The molecule has 0 spiro atoms. The van der Waals surface area contributed by atoms with Crippen LogP contribution in [-0.4, -0.2) is 35.0 Å². The zero-order chi connectivity index (χ0) is 22.5. The molecule has 162 valence electrons. The molecule has 0 saturated heterocycles. The molecular weight excluding hydrogens is 426 g/mol. The number of benzene rings is 3. The summed E-state index contributed by atoms with van der Waals surface area (Å²) in [5.74, 6) is 1.30. The van der Waals surface area contributed by atoms with E-state index in [9.17, 15) is 4.79 Å². The third-order valence-electron chi connectivity index (χ3n) is 4.47. The fourth-order valence-electron chi connectivity index (χ4n) is 3.10. The Kier molecular flexibility index (Phi) is 6.49. The average Bonchev–Trinajstić information content (AvgIpc) is 2.74. The fourth-order valence-corrected chi connectivity index (χ4v) is 3.29. The van der Waals surface area contributed by atoms with Crippen LogP contribution < -0.4 is 15.4 Å². The van der Waals surface area contributed by atoms with Crippen molar-refractivity contribution >= 4 is 40.0 Å². The first-order chi connectivity index (χ1) is 15.4. The minimum Gasteiger partial charge on any atom is -0.457 e. The van der Waals surface area contributed by atoms with Gasteiger partial charge in [0.2, 0.25) is 0 Å². The van der Waals surface area contributed by atoms with E-state index in [0.29, 0.717) is 34.4 Å². The Bertz CT molecular complexity index is 1240. The molecule has 0 unspecified atom stereocenters. The number of rotatable bonds is 6. The highest BCUT2D eigenvalue weighted by Gasteiger charge is 2.06. The smallest absolute Gasteiger partial charge is 0.323 e. The van der Waals surface area contributed by atoms with Gasteiger partial charge >= 0.3 is 6.03 Å². The van der Waals surface area contributed by atoms with Gasteiger partial charge in [-0.2, -0.15) is 0 Å². The van der Waals surface area contributed by atoms with E-state index in [0.717, 1.165) is 16.7 Å². The topological polar surface area (TPSA) is 79.4 Å². The van der Waals surface area contributed by atoms with Crippen molar-refractivity contribution in [3.05, 3.63) is 83.6 Å². The summed E-state index contributed by atoms with van der Waals surface area (Å²) in [7, 11) is 3.98. The van der Waals surface area contributed by atoms with Crippen molar-refractivity contribution in [2.24, 2.45) is 0 Å². The van der Waals surface area contributed by atoms with Crippen LogP contribution in [0.5, 0.6) is 11.5 Å². The lowest BCUT2D eigenvalue weighted by atomic mass is 10.2. The fraction of sp³-hybridized carbons (Fsp3) is 0.125. The van der Waals surface area contributed by atoms with Gasteiger partial charge in [-0.1, -0.05) is 17.7 Å². The number of amides is 2. The van der Waals surface area contributed by atoms with Crippen molar-refractivity contribution < 1.29 is 9.53 Å². The standard InChI is InChI=1S/C24H22ClN5O2/c1-30(2)15-19-14-26-22-11-10-21(13-23(22)27-19)32-20-8-6-17(7-9-20)28-24(31)29-18-5-3-4-16(25)12-18/h3-14H,15H2,1-2H3,(H2,28,29,31). The molecule has 1 heterocycles. The first-order valence-electron chi connectivity index (χ1n) is 9.96. The number of nitrogens with one attached hydrogen (secondary N) is 2. The zero-order valence-electron chi connectivity index (χ0n) is 17.7. The maximum Gasteiger partial charge on any atom is 0.323 e. The number of hydrogen-bond donors (Lipinski definition) is 2. The van der Waals surface area contributed by atoms with Crippen molar-refractivity contribution in [3.8, 4) is 11.5 Å².